The standard InChI is InChI=1S/C9H11ClN4/c1-7-3-12-14(5-7)6-9-11-4-8(2-10)13-9/h3-5H,2,6H2,1H3,(H,11,13). The van der Waals surface area contributed by atoms with Gasteiger partial charge in [0, 0.05) is 18.1 Å². The van der Waals surface area contributed by atoms with Crippen molar-refractivity contribution in [1.82, 2.24) is 19.7 Å². The van der Waals surface area contributed by atoms with Crippen LogP contribution < -0.4 is 0 Å². The average Bonchev–Trinajstić information content (AvgIpc) is 2.76. The zero-order valence-electron chi connectivity index (χ0n) is 7.87. The predicted octanol–water partition coefficient (Wildman–Crippen LogP) is 1.70. The van der Waals surface area contributed by atoms with Crippen LogP contribution >= 0.6 is 11.6 Å². The summed E-state index contributed by atoms with van der Waals surface area (Å²) in [6.45, 7) is 2.67. The monoisotopic (exact) mass is 210 g/mol. The Balaban J connectivity index is 2.10. The fraction of sp³-hybridized carbons (Fsp3) is 0.333. The van der Waals surface area contributed by atoms with Crippen molar-refractivity contribution in [2.24, 2.45) is 0 Å². The van der Waals surface area contributed by atoms with Crippen LogP contribution in [-0.2, 0) is 12.4 Å². The lowest BCUT2D eigenvalue weighted by Gasteiger charge is -1.96. The molecular formula is C9H11ClN4. The molecule has 0 unspecified atom stereocenters. The van der Waals surface area contributed by atoms with Crippen molar-refractivity contribution in [3.8, 4) is 0 Å². The molecule has 0 aliphatic carbocycles. The van der Waals surface area contributed by atoms with Crippen LogP contribution in [0.1, 0.15) is 17.1 Å². The first kappa shape index (κ1) is 9.27. The summed E-state index contributed by atoms with van der Waals surface area (Å²) in [6, 6.07) is 0. The van der Waals surface area contributed by atoms with Gasteiger partial charge in [0.15, 0.2) is 0 Å². The number of hydrogen-bond donors (Lipinski definition) is 1. The largest absolute Gasteiger partial charge is 0.343 e. The van der Waals surface area contributed by atoms with Crippen LogP contribution in [-0.4, -0.2) is 19.7 Å². The van der Waals surface area contributed by atoms with Gasteiger partial charge in [-0.05, 0) is 12.5 Å². The van der Waals surface area contributed by atoms with Gasteiger partial charge in [0.25, 0.3) is 0 Å². The minimum Gasteiger partial charge on any atom is -0.343 e. The van der Waals surface area contributed by atoms with E-state index < -0.39 is 0 Å². The Bertz CT molecular complexity index is 418. The highest BCUT2D eigenvalue weighted by Crippen LogP contribution is 2.03. The molecule has 2 aromatic heterocycles. The Hall–Kier alpha value is -1.29. The highest BCUT2D eigenvalue weighted by molar-refractivity contribution is 6.16. The number of halogens is 1. The molecule has 0 atom stereocenters. The quantitative estimate of drug-likeness (QED) is 0.784. The van der Waals surface area contributed by atoms with E-state index in [1.165, 1.54) is 0 Å². The van der Waals surface area contributed by atoms with Crippen LogP contribution in [0.3, 0.4) is 0 Å². The van der Waals surface area contributed by atoms with E-state index in [4.69, 9.17) is 11.6 Å². The Morgan fingerprint density at radius 1 is 1.50 bits per heavy atom. The van der Waals surface area contributed by atoms with Crippen LogP contribution in [0.15, 0.2) is 18.6 Å². The maximum atomic E-state index is 5.65. The summed E-state index contributed by atoms with van der Waals surface area (Å²) < 4.78 is 1.84. The summed E-state index contributed by atoms with van der Waals surface area (Å²) in [5.74, 6) is 1.34. The van der Waals surface area contributed by atoms with Crippen LogP contribution in [0.5, 0.6) is 0 Å². The van der Waals surface area contributed by atoms with Crippen LogP contribution in [0.2, 0.25) is 0 Å². The van der Waals surface area contributed by atoms with Crippen molar-refractivity contribution in [2.75, 3.05) is 0 Å². The zero-order valence-corrected chi connectivity index (χ0v) is 8.62. The normalized spacial score (nSPS) is 10.7. The molecule has 0 saturated carbocycles. The number of nitrogens with one attached hydrogen (secondary N) is 1. The first-order chi connectivity index (χ1) is 6.78. The molecule has 5 heteroatoms. The number of H-pyrrole nitrogens is 1. The molecule has 14 heavy (non-hydrogen) atoms. The molecule has 2 heterocycles. The van der Waals surface area contributed by atoms with E-state index in [-0.39, 0.29) is 0 Å². The highest BCUT2D eigenvalue weighted by atomic mass is 35.5. The minimum atomic E-state index is 0.463. The highest BCUT2D eigenvalue weighted by Gasteiger charge is 2.01. The third-order valence-electron chi connectivity index (χ3n) is 1.90. The van der Waals surface area contributed by atoms with Gasteiger partial charge >= 0.3 is 0 Å². The second-order valence-corrected chi connectivity index (χ2v) is 3.47. The molecule has 2 aromatic rings. The number of aromatic amines is 1. The van der Waals surface area contributed by atoms with Crippen LogP contribution in [0.4, 0.5) is 0 Å². The second kappa shape index (κ2) is 3.84. The lowest BCUT2D eigenvalue weighted by atomic mass is 10.4. The SMILES string of the molecule is Cc1cnn(Cc2ncc(CCl)[nH]2)c1. The van der Waals surface area contributed by atoms with E-state index in [0.29, 0.717) is 12.4 Å². The first-order valence-electron chi connectivity index (χ1n) is 4.35. The van der Waals surface area contributed by atoms with Gasteiger partial charge in [0.2, 0.25) is 0 Å². The lowest BCUT2D eigenvalue weighted by molar-refractivity contribution is 0.660. The summed E-state index contributed by atoms with van der Waals surface area (Å²) in [6.07, 6.45) is 5.55. The molecule has 74 valence electrons. The number of aryl methyl sites for hydroxylation is 1. The number of hydrogen-bond acceptors (Lipinski definition) is 2. The zero-order chi connectivity index (χ0) is 9.97. The van der Waals surface area contributed by atoms with Crippen molar-refractivity contribution in [2.45, 2.75) is 19.3 Å². The number of aromatic nitrogens is 4. The summed E-state index contributed by atoms with van der Waals surface area (Å²) >= 11 is 5.65. The van der Waals surface area contributed by atoms with Gasteiger partial charge in [0.05, 0.1) is 18.6 Å². The van der Waals surface area contributed by atoms with Gasteiger partial charge in [-0.1, -0.05) is 0 Å². The van der Waals surface area contributed by atoms with Crippen LogP contribution in [0.25, 0.3) is 0 Å². The summed E-state index contributed by atoms with van der Waals surface area (Å²) in [5.41, 5.74) is 2.08. The van der Waals surface area contributed by atoms with E-state index >= 15 is 0 Å². The van der Waals surface area contributed by atoms with Crippen LogP contribution in [0, 0.1) is 6.92 Å². The van der Waals surface area contributed by atoms with Crippen molar-refractivity contribution in [3.63, 3.8) is 0 Å². The lowest BCUT2D eigenvalue weighted by Crippen LogP contribution is -2.01. The maximum absolute atomic E-state index is 5.65. The molecule has 0 radical (unpaired) electrons. The maximum Gasteiger partial charge on any atom is 0.128 e. The van der Waals surface area contributed by atoms with Crippen molar-refractivity contribution >= 4 is 11.6 Å². The molecule has 0 bridgehead atoms. The third-order valence-corrected chi connectivity index (χ3v) is 2.19. The topological polar surface area (TPSA) is 46.5 Å². The second-order valence-electron chi connectivity index (χ2n) is 3.20. The fourth-order valence-corrected chi connectivity index (χ4v) is 1.40. The predicted molar refractivity (Wildman–Crippen MR) is 54.2 cm³/mol. The molecule has 0 saturated heterocycles. The molecular weight excluding hydrogens is 200 g/mol. The molecule has 0 fully saturated rings. The molecule has 0 aliphatic heterocycles. The van der Waals surface area contributed by atoms with Gasteiger partial charge in [-0.25, -0.2) is 4.98 Å². The number of nitrogens with zero attached hydrogens (tertiary/aromatic N) is 3. The summed E-state index contributed by atoms with van der Waals surface area (Å²) in [7, 11) is 0. The Morgan fingerprint density at radius 2 is 2.36 bits per heavy atom. The molecule has 0 aliphatic rings. The smallest absolute Gasteiger partial charge is 0.128 e. The molecule has 1 N–H and O–H groups in total. The fourth-order valence-electron chi connectivity index (χ4n) is 1.26. The van der Waals surface area contributed by atoms with Gasteiger partial charge in [-0.15, -0.1) is 11.6 Å². The average molecular weight is 211 g/mol. The van der Waals surface area contributed by atoms with Crippen molar-refractivity contribution < 1.29 is 0 Å². The first-order valence-corrected chi connectivity index (χ1v) is 4.89. The van der Waals surface area contributed by atoms with E-state index in [1.807, 2.05) is 24.0 Å². The van der Waals surface area contributed by atoms with Gasteiger partial charge in [-0.2, -0.15) is 5.10 Å². The van der Waals surface area contributed by atoms with Gasteiger partial charge in [-0.3, -0.25) is 4.68 Å². The molecule has 0 aromatic carbocycles. The molecule has 2 rings (SSSR count). The van der Waals surface area contributed by atoms with E-state index in [0.717, 1.165) is 17.1 Å². The van der Waals surface area contributed by atoms with Gasteiger partial charge in [0.1, 0.15) is 5.82 Å². The number of imidazole rings is 1. The number of alkyl halides is 1. The van der Waals surface area contributed by atoms with E-state index in [2.05, 4.69) is 15.1 Å². The van der Waals surface area contributed by atoms with Crippen molar-refractivity contribution in [3.05, 3.63) is 35.7 Å². The van der Waals surface area contributed by atoms with E-state index in [9.17, 15) is 0 Å². The summed E-state index contributed by atoms with van der Waals surface area (Å²) in [5, 5.41) is 4.17. The molecule has 0 spiro atoms. The Kier molecular flexibility index (Phi) is 2.54. The minimum absolute atomic E-state index is 0.463. The molecule has 0 amide bonds. The Morgan fingerprint density at radius 3 is 2.93 bits per heavy atom. The number of rotatable bonds is 3. The van der Waals surface area contributed by atoms with E-state index in [1.54, 1.807) is 6.20 Å². The van der Waals surface area contributed by atoms with Gasteiger partial charge < -0.3 is 4.98 Å². The van der Waals surface area contributed by atoms with Crippen molar-refractivity contribution in [1.29, 1.82) is 0 Å². The third kappa shape index (κ3) is 1.96. The molecule has 4 nitrogen and oxygen atoms in total. The Labute approximate surface area is 86.9 Å². The summed E-state index contributed by atoms with van der Waals surface area (Å²) in [4.78, 5) is 7.31.